The number of methoxy groups -OCH3 is 1. The molecule has 0 saturated carbocycles. The molecular formula is C17H19N3O2. The molecule has 0 bridgehead atoms. The molecule has 0 radical (unpaired) electrons. The van der Waals surface area contributed by atoms with Crippen molar-refractivity contribution in [2.75, 3.05) is 43.1 Å². The summed E-state index contributed by atoms with van der Waals surface area (Å²) in [4.78, 5) is 20.8. The number of hydrogen-bond donors (Lipinski definition) is 0. The summed E-state index contributed by atoms with van der Waals surface area (Å²) in [5.74, 6) is 0.714. The average Bonchev–Trinajstić information content (AvgIpc) is 2.62. The number of hydrogen-bond acceptors (Lipinski definition) is 5. The summed E-state index contributed by atoms with van der Waals surface area (Å²) in [5, 5.41) is 0. The highest BCUT2D eigenvalue weighted by Crippen LogP contribution is 2.23. The van der Waals surface area contributed by atoms with Gasteiger partial charge in [-0.2, -0.15) is 0 Å². The van der Waals surface area contributed by atoms with Gasteiger partial charge in [-0.15, -0.1) is 0 Å². The van der Waals surface area contributed by atoms with Crippen LogP contribution in [0.2, 0.25) is 0 Å². The Morgan fingerprint density at radius 2 is 1.68 bits per heavy atom. The molecule has 0 N–H and O–H groups in total. The molecule has 1 aromatic carbocycles. The molecule has 0 aliphatic carbocycles. The molecule has 2 aromatic rings. The van der Waals surface area contributed by atoms with E-state index in [1.165, 1.54) is 7.11 Å². The number of para-hydroxylation sites is 1. The fourth-order valence-corrected chi connectivity index (χ4v) is 2.75. The lowest BCUT2D eigenvalue weighted by Crippen LogP contribution is -2.47. The van der Waals surface area contributed by atoms with Crippen LogP contribution in [0.15, 0.2) is 48.7 Å². The zero-order valence-corrected chi connectivity index (χ0v) is 12.6. The minimum absolute atomic E-state index is 0.289. The number of ether oxygens (including phenoxy) is 1. The van der Waals surface area contributed by atoms with E-state index in [9.17, 15) is 4.79 Å². The lowest BCUT2D eigenvalue weighted by Gasteiger charge is -2.37. The molecular weight excluding hydrogens is 278 g/mol. The zero-order chi connectivity index (χ0) is 15.4. The molecule has 5 heteroatoms. The van der Waals surface area contributed by atoms with Crippen LogP contribution in [-0.4, -0.2) is 44.2 Å². The van der Waals surface area contributed by atoms with Crippen molar-refractivity contribution in [3.8, 4) is 0 Å². The van der Waals surface area contributed by atoms with Gasteiger partial charge in [-0.3, -0.25) is 0 Å². The van der Waals surface area contributed by atoms with Gasteiger partial charge in [0, 0.05) is 32.4 Å². The van der Waals surface area contributed by atoms with Crippen LogP contribution in [0.3, 0.4) is 0 Å². The number of esters is 1. The van der Waals surface area contributed by atoms with Crippen LogP contribution < -0.4 is 9.80 Å². The van der Waals surface area contributed by atoms with Gasteiger partial charge >= 0.3 is 5.97 Å². The second-order valence-corrected chi connectivity index (χ2v) is 5.17. The second-order valence-electron chi connectivity index (χ2n) is 5.17. The van der Waals surface area contributed by atoms with Crippen LogP contribution in [0.5, 0.6) is 0 Å². The summed E-state index contributed by atoms with van der Waals surface area (Å²) in [6.07, 6.45) is 1.81. The third-order valence-corrected chi connectivity index (χ3v) is 3.90. The highest BCUT2D eigenvalue weighted by Gasteiger charge is 2.22. The maximum absolute atomic E-state index is 11.9. The van der Waals surface area contributed by atoms with Crippen molar-refractivity contribution in [2.45, 2.75) is 0 Å². The molecule has 1 aliphatic rings. The van der Waals surface area contributed by atoms with E-state index in [4.69, 9.17) is 4.74 Å². The highest BCUT2D eigenvalue weighted by atomic mass is 16.5. The van der Waals surface area contributed by atoms with Crippen LogP contribution in [-0.2, 0) is 4.74 Å². The minimum atomic E-state index is -0.289. The molecule has 0 atom stereocenters. The normalized spacial score (nSPS) is 14.8. The number of benzene rings is 1. The largest absolute Gasteiger partial charge is 0.465 e. The van der Waals surface area contributed by atoms with E-state index in [2.05, 4.69) is 14.8 Å². The van der Waals surface area contributed by atoms with Crippen molar-refractivity contribution in [3.63, 3.8) is 0 Å². The van der Waals surface area contributed by atoms with E-state index >= 15 is 0 Å². The van der Waals surface area contributed by atoms with Crippen LogP contribution in [0.4, 0.5) is 11.5 Å². The van der Waals surface area contributed by atoms with Gasteiger partial charge in [0.05, 0.1) is 18.4 Å². The third kappa shape index (κ3) is 2.88. The number of carbonyl (C=O) groups is 1. The van der Waals surface area contributed by atoms with E-state index in [0.717, 1.165) is 37.7 Å². The Balaban J connectivity index is 1.73. The van der Waals surface area contributed by atoms with Gasteiger partial charge in [-0.25, -0.2) is 9.78 Å². The number of anilines is 2. The Morgan fingerprint density at radius 3 is 2.36 bits per heavy atom. The molecule has 1 saturated heterocycles. The average molecular weight is 297 g/mol. The summed E-state index contributed by atoms with van der Waals surface area (Å²) in [6.45, 7) is 3.47. The fourth-order valence-electron chi connectivity index (χ4n) is 2.75. The molecule has 0 spiro atoms. The first-order valence-corrected chi connectivity index (χ1v) is 7.38. The predicted octanol–water partition coefficient (Wildman–Crippen LogP) is 2.19. The zero-order valence-electron chi connectivity index (χ0n) is 12.6. The first-order chi connectivity index (χ1) is 10.8. The minimum Gasteiger partial charge on any atom is -0.465 e. The Bertz CT molecular complexity index is 637. The topological polar surface area (TPSA) is 45.7 Å². The van der Waals surface area contributed by atoms with E-state index < -0.39 is 0 Å². The van der Waals surface area contributed by atoms with E-state index in [1.807, 2.05) is 48.7 Å². The first kappa shape index (κ1) is 14.4. The van der Waals surface area contributed by atoms with Crippen LogP contribution >= 0.6 is 0 Å². The summed E-state index contributed by atoms with van der Waals surface area (Å²) >= 11 is 0. The van der Waals surface area contributed by atoms with E-state index in [-0.39, 0.29) is 5.97 Å². The molecule has 0 unspecified atom stereocenters. The number of carbonyl (C=O) groups excluding carboxylic acids is 1. The second kappa shape index (κ2) is 6.47. The Morgan fingerprint density at radius 1 is 1.00 bits per heavy atom. The maximum Gasteiger partial charge on any atom is 0.339 e. The van der Waals surface area contributed by atoms with Crippen molar-refractivity contribution in [1.82, 2.24) is 4.98 Å². The maximum atomic E-state index is 11.9. The van der Waals surface area contributed by atoms with Gasteiger partial charge < -0.3 is 14.5 Å². The standard InChI is InChI=1S/C17H19N3O2/c1-22-17(21)14-6-2-3-7-15(14)19-10-12-20(13-11-19)16-8-4-5-9-18-16/h2-9H,10-13H2,1H3. The van der Waals surface area contributed by atoms with Gasteiger partial charge in [0.15, 0.2) is 0 Å². The predicted molar refractivity (Wildman–Crippen MR) is 86.4 cm³/mol. The third-order valence-electron chi connectivity index (χ3n) is 3.90. The van der Waals surface area contributed by atoms with Crippen molar-refractivity contribution in [2.24, 2.45) is 0 Å². The number of pyridine rings is 1. The van der Waals surface area contributed by atoms with Crippen molar-refractivity contribution < 1.29 is 9.53 Å². The molecule has 1 aliphatic heterocycles. The first-order valence-electron chi connectivity index (χ1n) is 7.38. The molecule has 0 amide bonds. The van der Waals surface area contributed by atoms with Gasteiger partial charge in [0.25, 0.3) is 0 Å². The van der Waals surface area contributed by atoms with Gasteiger partial charge in [0.2, 0.25) is 0 Å². The van der Waals surface area contributed by atoms with Crippen molar-refractivity contribution in [1.29, 1.82) is 0 Å². The van der Waals surface area contributed by atoms with Gasteiger partial charge in [-0.1, -0.05) is 18.2 Å². The number of nitrogens with zero attached hydrogens (tertiary/aromatic N) is 3. The number of rotatable bonds is 3. The molecule has 5 nitrogen and oxygen atoms in total. The van der Waals surface area contributed by atoms with Crippen LogP contribution in [0.1, 0.15) is 10.4 Å². The molecule has 1 fully saturated rings. The van der Waals surface area contributed by atoms with Crippen molar-refractivity contribution in [3.05, 3.63) is 54.2 Å². The summed E-state index contributed by atoms with van der Waals surface area (Å²) in [6, 6.07) is 13.5. The molecule has 22 heavy (non-hydrogen) atoms. The summed E-state index contributed by atoms with van der Waals surface area (Å²) in [7, 11) is 1.41. The van der Waals surface area contributed by atoms with Gasteiger partial charge in [0.1, 0.15) is 5.82 Å². The molecule has 2 heterocycles. The summed E-state index contributed by atoms with van der Waals surface area (Å²) in [5.41, 5.74) is 1.56. The molecule has 114 valence electrons. The van der Waals surface area contributed by atoms with Crippen LogP contribution in [0.25, 0.3) is 0 Å². The number of aromatic nitrogens is 1. The highest BCUT2D eigenvalue weighted by molar-refractivity contribution is 5.95. The number of piperazine rings is 1. The van der Waals surface area contributed by atoms with Crippen LogP contribution in [0, 0.1) is 0 Å². The van der Waals surface area contributed by atoms with Gasteiger partial charge in [-0.05, 0) is 24.3 Å². The Hall–Kier alpha value is -2.56. The van der Waals surface area contributed by atoms with Crippen molar-refractivity contribution >= 4 is 17.5 Å². The van der Waals surface area contributed by atoms with E-state index in [1.54, 1.807) is 0 Å². The monoisotopic (exact) mass is 297 g/mol. The lowest BCUT2D eigenvalue weighted by atomic mass is 10.1. The molecule has 1 aromatic heterocycles. The van der Waals surface area contributed by atoms with E-state index in [0.29, 0.717) is 5.56 Å². The molecule has 3 rings (SSSR count). The Kier molecular flexibility index (Phi) is 4.23. The SMILES string of the molecule is COC(=O)c1ccccc1N1CCN(c2ccccn2)CC1. The summed E-state index contributed by atoms with van der Waals surface area (Å²) < 4.78 is 4.87. The fraction of sp³-hybridized carbons (Fsp3) is 0.294. The Labute approximate surface area is 130 Å². The quantitative estimate of drug-likeness (QED) is 0.813. The lowest BCUT2D eigenvalue weighted by molar-refractivity contribution is 0.0601. The smallest absolute Gasteiger partial charge is 0.339 e.